The Kier molecular flexibility index (Phi) is 5.53. The van der Waals surface area contributed by atoms with E-state index >= 15 is 0 Å². The van der Waals surface area contributed by atoms with Gasteiger partial charge in [0.1, 0.15) is 18.5 Å². The summed E-state index contributed by atoms with van der Waals surface area (Å²) in [5.74, 6) is -0.330. The van der Waals surface area contributed by atoms with Crippen LogP contribution < -0.4 is 5.32 Å². The molecular weight excluding hydrogens is 311 g/mol. The van der Waals surface area contributed by atoms with Crippen LogP contribution in [0.2, 0.25) is 0 Å². The van der Waals surface area contributed by atoms with Crippen LogP contribution in [0.15, 0.2) is 36.9 Å². The molecule has 1 N–H and O–H groups in total. The number of hydrogen-bond donors (Lipinski definition) is 1. The molecule has 1 aromatic carbocycles. The smallest absolute Gasteiger partial charge is 0.220 e. The van der Waals surface area contributed by atoms with Crippen molar-refractivity contribution in [3.05, 3.63) is 48.3 Å². The molecular formula is C17H21FN4O2. The Morgan fingerprint density at radius 2 is 2.25 bits per heavy atom. The van der Waals surface area contributed by atoms with E-state index in [1.807, 2.05) is 0 Å². The van der Waals surface area contributed by atoms with E-state index in [2.05, 4.69) is 15.4 Å². The Balaban J connectivity index is 1.58. The number of nitrogens with one attached hydrogen (secondary N) is 1. The molecule has 0 bridgehead atoms. The second-order valence-corrected chi connectivity index (χ2v) is 5.91. The lowest BCUT2D eigenvalue weighted by Crippen LogP contribution is -2.36. The molecule has 1 saturated heterocycles. The number of amides is 1. The highest BCUT2D eigenvalue weighted by Gasteiger charge is 2.28. The van der Waals surface area contributed by atoms with Crippen molar-refractivity contribution in [2.75, 3.05) is 6.61 Å². The molecule has 1 aliphatic heterocycles. The fourth-order valence-electron chi connectivity index (χ4n) is 2.92. The van der Waals surface area contributed by atoms with Gasteiger partial charge >= 0.3 is 0 Å². The lowest BCUT2D eigenvalue weighted by Gasteiger charge is -2.25. The second-order valence-electron chi connectivity index (χ2n) is 5.91. The zero-order valence-electron chi connectivity index (χ0n) is 13.4. The fourth-order valence-corrected chi connectivity index (χ4v) is 2.92. The fraction of sp³-hybridized carbons (Fsp3) is 0.471. The Morgan fingerprint density at radius 1 is 1.42 bits per heavy atom. The van der Waals surface area contributed by atoms with Crippen molar-refractivity contribution < 1.29 is 13.9 Å². The van der Waals surface area contributed by atoms with Gasteiger partial charge in [0.25, 0.3) is 0 Å². The molecule has 6 nitrogen and oxygen atoms in total. The van der Waals surface area contributed by atoms with E-state index < -0.39 is 0 Å². The van der Waals surface area contributed by atoms with E-state index in [1.165, 1.54) is 18.5 Å². The van der Waals surface area contributed by atoms with Crippen LogP contribution in [0, 0.1) is 5.82 Å². The summed E-state index contributed by atoms with van der Waals surface area (Å²) in [6.45, 7) is 1.35. The topological polar surface area (TPSA) is 69.0 Å². The van der Waals surface area contributed by atoms with Crippen molar-refractivity contribution in [3.63, 3.8) is 0 Å². The molecule has 0 saturated carbocycles. The number of aryl methyl sites for hydroxylation is 1. The van der Waals surface area contributed by atoms with Crippen LogP contribution in [0.1, 0.15) is 37.3 Å². The number of benzene rings is 1. The number of aromatic nitrogens is 3. The Hall–Kier alpha value is -2.28. The van der Waals surface area contributed by atoms with E-state index in [4.69, 9.17) is 4.74 Å². The molecule has 0 aliphatic carbocycles. The second kappa shape index (κ2) is 8.01. The van der Waals surface area contributed by atoms with Crippen LogP contribution in [0.25, 0.3) is 0 Å². The van der Waals surface area contributed by atoms with Gasteiger partial charge in [-0.1, -0.05) is 12.1 Å². The van der Waals surface area contributed by atoms with Crippen LogP contribution in [-0.2, 0) is 16.1 Å². The Morgan fingerprint density at radius 3 is 2.92 bits per heavy atom. The average Bonchev–Trinajstić information content (AvgIpc) is 3.27. The lowest BCUT2D eigenvalue weighted by molar-refractivity contribution is -0.123. The third-order valence-electron chi connectivity index (χ3n) is 4.14. The maximum Gasteiger partial charge on any atom is 0.220 e. The van der Waals surface area contributed by atoms with Gasteiger partial charge in [-0.05, 0) is 37.0 Å². The monoisotopic (exact) mass is 332 g/mol. The van der Waals surface area contributed by atoms with Gasteiger partial charge in [-0.2, -0.15) is 5.10 Å². The maximum absolute atomic E-state index is 13.2. The highest BCUT2D eigenvalue weighted by Crippen LogP contribution is 2.27. The summed E-state index contributed by atoms with van der Waals surface area (Å²) >= 11 is 0. The van der Waals surface area contributed by atoms with Gasteiger partial charge in [-0.3, -0.25) is 9.48 Å². The van der Waals surface area contributed by atoms with E-state index in [1.54, 1.807) is 23.1 Å². The summed E-state index contributed by atoms with van der Waals surface area (Å²) in [5, 5.41) is 7.05. The zero-order valence-corrected chi connectivity index (χ0v) is 13.4. The van der Waals surface area contributed by atoms with Crippen LogP contribution in [-0.4, -0.2) is 33.4 Å². The van der Waals surface area contributed by atoms with E-state index in [-0.39, 0.29) is 23.9 Å². The van der Waals surface area contributed by atoms with Gasteiger partial charge in [0, 0.05) is 19.6 Å². The Labute approximate surface area is 140 Å². The predicted octanol–water partition coefficient (Wildman–Crippen LogP) is 2.23. The van der Waals surface area contributed by atoms with Crippen LogP contribution in [0.4, 0.5) is 4.39 Å². The number of hydrogen-bond acceptors (Lipinski definition) is 4. The molecule has 3 rings (SSSR count). The maximum atomic E-state index is 13.2. The molecule has 128 valence electrons. The van der Waals surface area contributed by atoms with Gasteiger partial charge in [-0.25, -0.2) is 9.37 Å². The van der Waals surface area contributed by atoms with Gasteiger partial charge < -0.3 is 10.1 Å². The quantitative estimate of drug-likeness (QED) is 0.844. The summed E-state index contributed by atoms with van der Waals surface area (Å²) in [6.07, 6.45) is 5.98. The van der Waals surface area contributed by atoms with Gasteiger partial charge in [0.15, 0.2) is 0 Å². The van der Waals surface area contributed by atoms with Crippen molar-refractivity contribution >= 4 is 5.91 Å². The number of ether oxygens (including phenoxy) is 1. The van der Waals surface area contributed by atoms with Gasteiger partial charge in [0.05, 0.1) is 12.1 Å². The van der Waals surface area contributed by atoms with Crippen LogP contribution in [0.3, 0.4) is 0 Å². The van der Waals surface area contributed by atoms with Crippen molar-refractivity contribution in [1.82, 2.24) is 20.1 Å². The summed E-state index contributed by atoms with van der Waals surface area (Å²) in [6, 6.07) is 5.99. The number of carbonyl (C=O) groups excluding carboxylic acids is 1. The summed E-state index contributed by atoms with van der Waals surface area (Å²) in [4.78, 5) is 16.2. The summed E-state index contributed by atoms with van der Waals surface area (Å²) in [5.41, 5.74) is 0.868. The largest absolute Gasteiger partial charge is 0.376 e. The lowest BCUT2D eigenvalue weighted by atomic mass is 9.99. The van der Waals surface area contributed by atoms with Crippen LogP contribution in [0.5, 0.6) is 0 Å². The number of nitrogens with zero attached hydrogens (tertiary/aromatic N) is 3. The number of halogens is 1. The predicted molar refractivity (Wildman–Crippen MR) is 85.5 cm³/mol. The highest BCUT2D eigenvalue weighted by atomic mass is 19.1. The molecule has 0 spiro atoms. The normalized spacial score (nSPS) is 18.5. The van der Waals surface area contributed by atoms with Crippen molar-refractivity contribution in [2.45, 2.75) is 44.4 Å². The molecule has 2 aromatic rings. The van der Waals surface area contributed by atoms with Crippen LogP contribution >= 0.6 is 0 Å². The van der Waals surface area contributed by atoms with Gasteiger partial charge in [0.2, 0.25) is 5.91 Å². The van der Waals surface area contributed by atoms with E-state index in [9.17, 15) is 9.18 Å². The molecule has 1 aliphatic rings. The molecule has 0 unspecified atom stereocenters. The first-order valence-corrected chi connectivity index (χ1v) is 8.21. The number of carbonyl (C=O) groups is 1. The first-order chi connectivity index (χ1) is 11.7. The SMILES string of the molecule is O=C(CCCn1cncn1)N[C@@H](c1ccc(F)cc1)[C@H]1CCCO1. The first-order valence-electron chi connectivity index (χ1n) is 8.21. The minimum Gasteiger partial charge on any atom is -0.376 e. The minimum atomic E-state index is -0.288. The summed E-state index contributed by atoms with van der Waals surface area (Å²) < 4.78 is 20.6. The van der Waals surface area contributed by atoms with Gasteiger partial charge in [-0.15, -0.1) is 0 Å². The third kappa shape index (κ3) is 4.38. The van der Waals surface area contributed by atoms with Crippen molar-refractivity contribution in [2.24, 2.45) is 0 Å². The molecule has 1 aromatic heterocycles. The van der Waals surface area contributed by atoms with Crippen molar-refractivity contribution in [3.8, 4) is 0 Å². The first kappa shape index (κ1) is 16.6. The molecule has 1 fully saturated rings. The molecule has 1 amide bonds. The molecule has 0 radical (unpaired) electrons. The molecule has 7 heteroatoms. The van der Waals surface area contributed by atoms with E-state index in [0.717, 1.165) is 18.4 Å². The molecule has 24 heavy (non-hydrogen) atoms. The van der Waals surface area contributed by atoms with Crippen molar-refractivity contribution in [1.29, 1.82) is 0 Å². The highest BCUT2D eigenvalue weighted by molar-refractivity contribution is 5.76. The number of rotatable bonds is 7. The zero-order chi connectivity index (χ0) is 16.8. The summed E-state index contributed by atoms with van der Waals surface area (Å²) in [7, 11) is 0. The molecule has 2 heterocycles. The Bertz CT molecular complexity index is 639. The standard InChI is InChI=1S/C17H21FN4O2/c18-14-7-5-13(6-8-14)17(15-3-2-10-24-15)21-16(23)4-1-9-22-12-19-11-20-22/h5-8,11-12,15,17H,1-4,9-10H2,(H,21,23)/t15-,17+/m1/s1. The minimum absolute atomic E-state index is 0.0417. The van der Waals surface area contributed by atoms with E-state index in [0.29, 0.717) is 26.0 Å². The molecule has 2 atom stereocenters. The third-order valence-corrected chi connectivity index (χ3v) is 4.14. The average molecular weight is 332 g/mol.